The summed E-state index contributed by atoms with van der Waals surface area (Å²) in [6.07, 6.45) is 10.5. The van der Waals surface area contributed by atoms with E-state index in [0.717, 1.165) is 52.6 Å². The third kappa shape index (κ3) is 4.89. The quantitative estimate of drug-likeness (QED) is 0.301. The molecule has 0 aliphatic heterocycles. The maximum atomic E-state index is 6.01. The molecule has 0 unspecified atom stereocenters. The van der Waals surface area contributed by atoms with Crippen LogP contribution in [0, 0.1) is 0 Å². The molecular formula is C26H26N2O3. The zero-order valence-corrected chi connectivity index (χ0v) is 17.8. The molecule has 31 heavy (non-hydrogen) atoms. The summed E-state index contributed by atoms with van der Waals surface area (Å²) in [6, 6.07) is 17.9. The summed E-state index contributed by atoms with van der Waals surface area (Å²) in [5.41, 5.74) is 3.17. The van der Waals surface area contributed by atoms with Gasteiger partial charge in [0.2, 0.25) is 0 Å². The van der Waals surface area contributed by atoms with E-state index in [-0.39, 0.29) is 0 Å². The molecule has 0 saturated carbocycles. The number of allylic oxidation sites excluding steroid dienone is 1. The van der Waals surface area contributed by atoms with E-state index in [2.05, 4.69) is 10.6 Å². The minimum absolute atomic E-state index is 0.577. The Bertz CT molecular complexity index is 1190. The van der Waals surface area contributed by atoms with Crippen molar-refractivity contribution < 1.29 is 13.9 Å². The van der Waals surface area contributed by atoms with Gasteiger partial charge >= 0.3 is 0 Å². The fourth-order valence-electron chi connectivity index (χ4n) is 3.50. The van der Waals surface area contributed by atoms with E-state index in [1.54, 1.807) is 13.4 Å². The molecule has 2 aromatic carbocycles. The second-order valence-electron chi connectivity index (χ2n) is 7.07. The van der Waals surface area contributed by atoms with Gasteiger partial charge in [-0.15, -0.1) is 0 Å². The maximum Gasteiger partial charge on any atom is 0.161 e. The van der Waals surface area contributed by atoms with E-state index in [4.69, 9.17) is 18.9 Å². The number of furan rings is 1. The molecule has 2 aromatic heterocycles. The predicted molar refractivity (Wildman–Crippen MR) is 125 cm³/mol. The Kier molecular flexibility index (Phi) is 6.53. The number of hydrogen-bond acceptors (Lipinski definition) is 4. The third-order valence-electron chi connectivity index (χ3n) is 4.95. The average molecular weight is 415 g/mol. The Morgan fingerprint density at radius 2 is 1.90 bits per heavy atom. The van der Waals surface area contributed by atoms with E-state index in [9.17, 15) is 0 Å². The zero-order chi connectivity index (χ0) is 21.5. The van der Waals surface area contributed by atoms with Crippen molar-refractivity contribution in [3.05, 3.63) is 84.1 Å². The molecule has 0 spiro atoms. The zero-order valence-electron chi connectivity index (χ0n) is 17.8. The van der Waals surface area contributed by atoms with E-state index < -0.39 is 0 Å². The summed E-state index contributed by atoms with van der Waals surface area (Å²) in [6.45, 7) is 3.36. The second-order valence-corrected chi connectivity index (χ2v) is 7.07. The van der Waals surface area contributed by atoms with Gasteiger partial charge in [-0.1, -0.05) is 30.4 Å². The normalized spacial score (nSPS) is 11.7. The topological polar surface area (TPSA) is 49.4 Å². The highest BCUT2D eigenvalue weighted by atomic mass is 16.5. The number of aromatic nitrogens is 2. The van der Waals surface area contributed by atoms with Crippen LogP contribution in [0.4, 0.5) is 0 Å². The molecular weight excluding hydrogens is 388 g/mol. The molecule has 158 valence electrons. The molecule has 0 atom stereocenters. The lowest BCUT2D eigenvalue weighted by molar-refractivity contribution is 0.283. The fraction of sp³-hybridized carbons (Fsp3) is 0.192. The summed E-state index contributed by atoms with van der Waals surface area (Å²) in [5, 5.41) is 0. The Hall–Kier alpha value is -3.73. The highest BCUT2D eigenvalue weighted by molar-refractivity contribution is 5.79. The number of nitrogens with zero attached hydrogens (tertiary/aromatic N) is 2. The molecule has 4 rings (SSSR count). The van der Waals surface area contributed by atoms with Crippen molar-refractivity contribution in [3.8, 4) is 11.5 Å². The van der Waals surface area contributed by atoms with Crippen molar-refractivity contribution >= 4 is 29.3 Å². The van der Waals surface area contributed by atoms with Crippen LogP contribution < -0.4 is 9.47 Å². The summed E-state index contributed by atoms with van der Waals surface area (Å²) >= 11 is 0. The molecule has 5 nitrogen and oxygen atoms in total. The van der Waals surface area contributed by atoms with Gasteiger partial charge in [-0.2, -0.15) is 0 Å². The van der Waals surface area contributed by atoms with Gasteiger partial charge in [0.25, 0.3) is 0 Å². The van der Waals surface area contributed by atoms with E-state index in [1.807, 2.05) is 79.8 Å². The van der Waals surface area contributed by atoms with Crippen LogP contribution in [0.5, 0.6) is 11.5 Å². The van der Waals surface area contributed by atoms with Crippen molar-refractivity contribution in [2.45, 2.75) is 19.9 Å². The highest BCUT2D eigenvalue weighted by Crippen LogP contribution is 2.29. The van der Waals surface area contributed by atoms with Crippen LogP contribution in [-0.4, -0.2) is 23.3 Å². The summed E-state index contributed by atoms with van der Waals surface area (Å²) in [5.74, 6) is 3.19. The monoisotopic (exact) mass is 414 g/mol. The molecule has 0 fully saturated rings. The molecule has 0 N–H and O–H groups in total. The number of hydrogen-bond donors (Lipinski definition) is 0. The number of methoxy groups -OCH3 is 1. The van der Waals surface area contributed by atoms with Crippen LogP contribution in [0.15, 0.2) is 71.4 Å². The van der Waals surface area contributed by atoms with Crippen molar-refractivity contribution in [1.29, 1.82) is 0 Å². The first-order chi connectivity index (χ1) is 15.3. The molecule has 0 aliphatic carbocycles. The minimum atomic E-state index is 0.577. The molecule has 0 amide bonds. The van der Waals surface area contributed by atoms with Gasteiger partial charge in [0.15, 0.2) is 11.5 Å². The number of aryl methyl sites for hydroxylation is 1. The van der Waals surface area contributed by atoms with Crippen molar-refractivity contribution in [3.63, 3.8) is 0 Å². The lowest BCUT2D eigenvalue weighted by Crippen LogP contribution is -2.06. The molecule has 4 aromatic rings. The Labute approximate surface area is 182 Å². The molecule has 0 aliphatic rings. The second kappa shape index (κ2) is 9.85. The first kappa shape index (κ1) is 20.5. The van der Waals surface area contributed by atoms with E-state index in [0.29, 0.717) is 6.61 Å². The van der Waals surface area contributed by atoms with Crippen LogP contribution in [0.1, 0.15) is 30.5 Å². The smallest absolute Gasteiger partial charge is 0.161 e. The molecule has 0 radical (unpaired) electrons. The van der Waals surface area contributed by atoms with E-state index in [1.165, 1.54) is 0 Å². The van der Waals surface area contributed by atoms with Crippen LogP contribution >= 0.6 is 0 Å². The number of imidazole rings is 1. The van der Waals surface area contributed by atoms with Gasteiger partial charge in [0.1, 0.15) is 11.6 Å². The van der Waals surface area contributed by atoms with Crippen LogP contribution in [0.2, 0.25) is 0 Å². The molecule has 0 saturated heterocycles. The van der Waals surface area contributed by atoms with Crippen LogP contribution in [0.3, 0.4) is 0 Å². The first-order valence-electron chi connectivity index (χ1n) is 10.4. The van der Waals surface area contributed by atoms with Crippen LogP contribution in [-0.2, 0) is 6.54 Å². The number of rotatable bonds is 9. The highest BCUT2D eigenvalue weighted by Gasteiger charge is 2.09. The Morgan fingerprint density at radius 1 is 1.00 bits per heavy atom. The average Bonchev–Trinajstić information content (AvgIpc) is 3.44. The largest absolute Gasteiger partial charge is 0.493 e. The van der Waals surface area contributed by atoms with Crippen molar-refractivity contribution in [1.82, 2.24) is 9.55 Å². The standard InChI is InChI=1S/C26H26N2O3/c1-3-8-20-12-14-24(25(19-20)29-2)31-18-7-16-28-23-11-5-4-10-22(23)27-26(28)15-13-21-9-6-17-30-21/h3-6,8-15,17,19H,7,16,18H2,1-2H3/b8-3+,15-13+. The lowest BCUT2D eigenvalue weighted by atomic mass is 10.2. The van der Waals surface area contributed by atoms with Gasteiger partial charge in [-0.3, -0.25) is 0 Å². The Balaban J connectivity index is 1.46. The fourth-order valence-corrected chi connectivity index (χ4v) is 3.50. The summed E-state index contributed by atoms with van der Waals surface area (Å²) in [7, 11) is 1.66. The molecule has 0 bridgehead atoms. The number of benzene rings is 2. The Morgan fingerprint density at radius 3 is 2.71 bits per heavy atom. The first-order valence-corrected chi connectivity index (χ1v) is 10.4. The van der Waals surface area contributed by atoms with Gasteiger partial charge in [0, 0.05) is 6.54 Å². The van der Waals surface area contributed by atoms with Crippen molar-refractivity contribution in [2.24, 2.45) is 0 Å². The molecule has 2 heterocycles. The molecule has 5 heteroatoms. The van der Waals surface area contributed by atoms with Gasteiger partial charge in [-0.05, 0) is 67.5 Å². The summed E-state index contributed by atoms with van der Waals surface area (Å²) in [4.78, 5) is 4.77. The van der Waals surface area contributed by atoms with Crippen LogP contribution in [0.25, 0.3) is 29.3 Å². The number of fused-ring (bicyclic) bond motifs is 1. The van der Waals surface area contributed by atoms with Gasteiger partial charge < -0.3 is 18.5 Å². The predicted octanol–water partition coefficient (Wildman–Crippen LogP) is 6.31. The van der Waals surface area contributed by atoms with Gasteiger partial charge in [-0.25, -0.2) is 4.98 Å². The number of ether oxygens (including phenoxy) is 2. The minimum Gasteiger partial charge on any atom is -0.493 e. The lowest BCUT2D eigenvalue weighted by Gasteiger charge is -2.12. The maximum absolute atomic E-state index is 6.01. The van der Waals surface area contributed by atoms with E-state index >= 15 is 0 Å². The number of para-hydroxylation sites is 2. The summed E-state index contributed by atoms with van der Waals surface area (Å²) < 4.78 is 19.1. The third-order valence-corrected chi connectivity index (χ3v) is 4.95. The van der Waals surface area contributed by atoms with Gasteiger partial charge in [0.05, 0.1) is 31.0 Å². The SMILES string of the molecule is C/C=C/c1ccc(OCCCn2c(/C=C/c3ccco3)nc3ccccc32)c(OC)c1. The van der Waals surface area contributed by atoms with Crippen molar-refractivity contribution in [2.75, 3.05) is 13.7 Å².